The maximum absolute atomic E-state index is 11.4. The van der Waals surface area contributed by atoms with E-state index >= 15 is 0 Å². The van der Waals surface area contributed by atoms with E-state index in [4.69, 9.17) is 11.6 Å². The van der Waals surface area contributed by atoms with Crippen molar-refractivity contribution < 1.29 is 4.79 Å². The Bertz CT molecular complexity index is 300. The number of aryl methyl sites for hydroxylation is 1. The van der Waals surface area contributed by atoms with E-state index in [9.17, 15) is 4.79 Å². The summed E-state index contributed by atoms with van der Waals surface area (Å²) in [6.07, 6.45) is 1.30. The molecule has 1 rings (SSSR count). The van der Waals surface area contributed by atoms with Crippen LogP contribution in [0, 0.1) is 0 Å². The summed E-state index contributed by atoms with van der Waals surface area (Å²) in [5.41, 5.74) is 1.19. The van der Waals surface area contributed by atoms with Crippen molar-refractivity contribution in [1.82, 2.24) is 5.32 Å². The van der Waals surface area contributed by atoms with Gasteiger partial charge in [0.05, 0.1) is 0 Å². The Hall–Kier alpha value is -1.02. The second kappa shape index (κ2) is 6.46. The zero-order valence-corrected chi connectivity index (χ0v) is 9.63. The average molecular weight is 226 g/mol. The summed E-state index contributed by atoms with van der Waals surface area (Å²) >= 11 is 5.60. The van der Waals surface area contributed by atoms with Gasteiger partial charge in [-0.15, -0.1) is 11.6 Å². The van der Waals surface area contributed by atoms with Crippen molar-refractivity contribution in [3.8, 4) is 0 Å². The number of carbonyl (C=O) groups excluding carboxylic acids is 1. The molecule has 0 bridgehead atoms. The molecule has 1 unspecified atom stereocenters. The molecule has 0 radical (unpaired) electrons. The van der Waals surface area contributed by atoms with Crippen LogP contribution in [0.5, 0.6) is 0 Å². The minimum Gasteiger partial charge on any atom is -0.352 e. The second-order valence-corrected chi connectivity index (χ2v) is 3.92. The molecule has 0 fully saturated rings. The van der Waals surface area contributed by atoms with Crippen molar-refractivity contribution >= 4 is 17.5 Å². The van der Waals surface area contributed by atoms with Gasteiger partial charge >= 0.3 is 0 Å². The molecule has 1 N–H and O–H groups in total. The summed E-state index contributed by atoms with van der Waals surface area (Å²) in [4.78, 5) is 11.4. The van der Waals surface area contributed by atoms with E-state index in [1.54, 1.807) is 0 Å². The van der Waals surface area contributed by atoms with Crippen molar-refractivity contribution in [2.24, 2.45) is 0 Å². The predicted octanol–water partition coefficient (Wildman–Crippen LogP) is 2.36. The Kier molecular flexibility index (Phi) is 5.19. The Balaban J connectivity index is 2.29. The summed E-state index contributed by atoms with van der Waals surface area (Å²) in [5.74, 6) is 0.517. The molecule has 0 saturated carbocycles. The first kappa shape index (κ1) is 12.1. The number of hydrogen-bond acceptors (Lipinski definition) is 1. The molecule has 82 valence electrons. The van der Waals surface area contributed by atoms with Gasteiger partial charge in [-0.25, -0.2) is 0 Å². The average Bonchev–Trinajstić information content (AvgIpc) is 2.27. The van der Waals surface area contributed by atoms with Gasteiger partial charge in [-0.2, -0.15) is 0 Å². The maximum Gasteiger partial charge on any atom is 0.220 e. The lowest BCUT2D eigenvalue weighted by atomic mass is 10.1. The first-order valence-corrected chi connectivity index (χ1v) is 5.65. The van der Waals surface area contributed by atoms with E-state index in [0.29, 0.717) is 12.3 Å². The Labute approximate surface area is 95.6 Å². The summed E-state index contributed by atoms with van der Waals surface area (Å²) < 4.78 is 0. The summed E-state index contributed by atoms with van der Waals surface area (Å²) in [5, 5.41) is 2.83. The normalized spacial score (nSPS) is 12.1. The highest BCUT2D eigenvalue weighted by Crippen LogP contribution is 2.02. The molecule has 15 heavy (non-hydrogen) atoms. The molecule has 0 saturated heterocycles. The fourth-order valence-electron chi connectivity index (χ4n) is 1.29. The lowest BCUT2D eigenvalue weighted by Crippen LogP contribution is -2.33. The third-order valence-corrected chi connectivity index (χ3v) is 2.59. The zero-order chi connectivity index (χ0) is 11.1. The third-order valence-electron chi connectivity index (χ3n) is 2.12. The highest BCUT2D eigenvalue weighted by Gasteiger charge is 2.05. The molecule has 0 aromatic heterocycles. The van der Waals surface area contributed by atoms with E-state index in [2.05, 4.69) is 5.32 Å². The van der Waals surface area contributed by atoms with Crippen LogP contribution in [0.3, 0.4) is 0 Å². The quantitative estimate of drug-likeness (QED) is 0.766. The van der Waals surface area contributed by atoms with Gasteiger partial charge in [-0.3, -0.25) is 4.79 Å². The SMILES string of the molecule is CC(CCl)NC(=O)CCc1ccccc1. The van der Waals surface area contributed by atoms with Gasteiger partial charge in [0.2, 0.25) is 5.91 Å². The topological polar surface area (TPSA) is 29.1 Å². The van der Waals surface area contributed by atoms with Crippen molar-refractivity contribution in [2.75, 3.05) is 5.88 Å². The molecule has 3 heteroatoms. The number of nitrogens with one attached hydrogen (secondary N) is 1. The molecule has 0 spiro atoms. The number of alkyl halides is 1. The Morgan fingerprint density at radius 1 is 1.40 bits per heavy atom. The van der Waals surface area contributed by atoms with Crippen LogP contribution in [0.2, 0.25) is 0 Å². The lowest BCUT2D eigenvalue weighted by Gasteiger charge is -2.10. The number of benzene rings is 1. The van der Waals surface area contributed by atoms with E-state index in [1.165, 1.54) is 5.56 Å². The molecule has 0 heterocycles. The van der Waals surface area contributed by atoms with Crippen molar-refractivity contribution in [3.05, 3.63) is 35.9 Å². The van der Waals surface area contributed by atoms with Gasteiger partial charge in [0, 0.05) is 18.3 Å². The molecule has 1 aromatic rings. The van der Waals surface area contributed by atoms with Gasteiger partial charge in [0.15, 0.2) is 0 Å². The molecule has 1 amide bonds. The zero-order valence-electron chi connectivity index (χ0n) is 8.87. The molecule has 2 nitrogen and oxygen atoms in total. The van der Waals surface area contributed by atoms with Gasteiger partial charge in [-0.05, 0) is 18.9 Å². The van der Waals surface area contributed by atoms with Crippen LogP contribution in [-0.2, 0) is 11.2 Å². The largest absolute Gasteiger partial charge is 0.352 e. The molecular formula is C12H16ClNO. The van der Waals surface area contributed by atoms with Crippen molar-refractivity contribution in [3.63, 3.8) is 0 Å². The van der Waals surface area contributed by atoms with Crippen LogP contribution >= 0.6 is 11.6 Å². The Morgan fingerprint density at radius 3 is 2.67 bits per heavy atom. The number of hydrogen-bond donors (Lipinski definition) is 1. The molecule has 0 aliphatic rings. The van der Waals surface area contributed by atoms with Crippen molar-refractivity contribution in [2.45, 2.75) is 25.8 Å². The minimum atomic E-state index is 0.0509. The molecule has 1 atom stereocenters. The Morgan fingerprint density at radius 2 is 2.07 bits per heavy atom. The van der Waals surface area contributed by atoms with Crippen LogP contribution < -0.4 is 5.32 Å². The fraction of sp³-hybridized carbons (Fsp3) is 0.417. The molecule has 1 aromatic carbocycles. The van der Waals surface area contributed by atoms with Crippen molar-refractivity contribution in [1.29, 1.82) is 0 Å². The fourth-order valence-corrected chi connectivity index (χ4v) is 1.37. The molecule has 0 aliphatic carbocycles. The van der Waals surface area contributed by atoms with Crippen LogP contribution in [0.4, 0.5) is 0 Å². The third kappa shape index (κ3) is 4.84. The molecular weight excluding hydrogens is 210 g/mol. The number of halogens is 1. The molecule has 0 aliphatic heterocycles. The van der Waals surface area contributed by atoms with E-state index in [1.807, 2.05) is 37.3 Å². The number of amides is 1. The highest BCUT2D eigenvalue weighted by molar-refractivity contribution is 6.18. The van der Waals surface area contributed by atoms with E-state index in [0.717, 1.165) is 6.42 Å². The summed E-state index contributed by atoms with van der Waals surface area (Å²) in [6, 6.07) is 10.0. The first-order valence-electron chi connectivity index (χ1n) is 5.11. The highest BCUT2D eigenvalue weighted by atomic mass is 35.5. The smallest absolute Gasteiger partial charge is 0.220 e. The summed E-state index contributed by atoms with van der Waals surface area (Å²) in [7, 11) is 0. The van der Waals surface area contributed by atoms with Crippen LogP contribution in [-0.4, -0.2) is 17.8 Å². The first-order chi connectivity index (χ1) is 7.22. The van der Waals surface area contributed by atoms with Gasteiger partial charge in [0.1, 0.15) is 0 Å². The van der Waals surface area contributed by atoms with Gasteiger partial charge in [-0.1, -0.05) is 30.3 Å². The lowest BCUT2D eigenvalue weighted by molar-refractivity contribution is -0.121. The van der Waals surface area contributed by atoms with Crippen LogP contribution in [0.25, 0.3) is 0 Å². The maximum atomic E-state index is 11.4. The second-order valence-electron chi connectivity index (χ2n) is 3.61. The number of rotatable bonds is 5. The standard InChI is InChI=1S/C12H16ClNO/c1-10(9-13)14-12(15)8-7-11-5-3-2-4-6-11/h2-6,10H,7-9H2,1H3,(H,14,15). The van der Waals surface area contributed by atoms with E-state index in [-0.39, 0.29) is 11.9 Å². The van der Waals surface area contributed by atoms with Gasteiger partial charge in [0.25, 0.3) is 0 Å². The van der Waals surface area contributed by atoms with Crippen LogP contribution in [0.15, 0.2) is 30.3 Å². The monoisotopic (exact) mass is 225 g/mol. The van der Waals surface area contributed by atoms with Crippen LogP contribution in [0.1, 0.15) is 18.9 Å². The van der Waals surface area contributed by atoms with E-state index < -0.39 is 0 Å². The number of carbonyl (C=O) groups is 1. The summed E-state index contributed by atoms with van der Waals surface area (Å²) in [6.45, 7) is 1.90. The predicted molar refractivity (Wildman–Crippen MR) is 63.1 cm³/mol. The minimum absolute atomic E-state index is 0.0509. The van der Waals surface area contributed by atoms with Gasteiger partial charge < -0.3 is 5.32 Å².